The van der Waals surface area contributed by atoms with Gasteiger partial charge in [-0.3, -0.25) is 4.90 Å². The minimum Gasteiger partial charge on any atom is -0.507 e. The zero-order chi connectivity index (χ0) is 18.1. The highest BCUT2D eigenvalue weighted by atomic mass is 32.2. The summed E-state index contributed by atoms with van der Waals surface area (Å²) in [4.78, 5) is 6.08. The second kappa shape index (κ2) is 6.86. The molecule has 0 spiro atoms. The molecule has 2 unspecified atom stereocenters. The molecule has 6 nitrogen and oxygen atoms in total. The smallest absolute Gasteiger partial charge is 0.225 e. The molecule has 0 aliphatic carbocycles. The first-order chi connectivity index (χ1) is 12.7. The third kappa shape index (κ3) is 2.75. The van der Waals surface area contributed by atoms with Crippen LogP contribution in [0.4, 0.5) is 5.95 Å². The lowest BCUT2D eigenvalue weighted by Crippen LogP contribution is -2.35. The van der Waals surface area contributed by atoms with E-state index in [-0.39, 0.29) is 5.76 Å². The summed E-state index contributed by atoms with van der Waals surface area (Å²) in [6, 6.07) is 18.9. The summed E-state index contributed by atoms with van der Waals surface area (Å²) in [6.07, 6.45) is 0.672. The number of nitrogens with one attached hydrogen (secondary N) is 1. The van der Waals surface area contributed by atoms with Gasteiger partial charge in [0.1, 0.15) is 5.76 Å². The van der Waals surface area contributed by atoms with Crippen molar-refractivity contribution in [2.24, 2.45) is 0 Å². The second-order valence-corrected chi connectivity index (χ2v) is 6.68. The number of thioether (sulfide) groups is 1. The molecule has 0 radical (unpaired) electrons. The van der Waals surface area contributed by atoms with Crippen molar-refractivity contribution < 1.29 is 10.2 Å². The molecule has 1 aliphatic rings. The first-order valence-electron chi connectivity index (χ1n) is 8.17. The normalized spacial score (nSPS) is 20.0. The predicted octanol–water partition coefficient (Wildman–Crippen LogP) is 3.38. The van der Waals surface area contributed by atoms with Crippen molar-refractivity contribution in [1.82, 2.24) is 15.2 Å². The molecule has 4 rings (SSSR count). The average Bonchev–Trinajstić information content (AvgIpc) is 3.26. The van der Waals surface area contributed by atoms with Gasteiger partial charge in [-0.2, -0.15) is 4.98 Å². The molecule has 0 bridgehead atoms. The van der Waals surface area contributed by atoms with Crippen molar-refractivity contribution in [3.05, 3.63) is 77.5 Å². The fourth-order valence-corrected chi connectivity index (χ4v) is 3.58. The lowest BCUT2D eigenvalue weighted by molar-refractivity contribution is 0.156. The number of rotatable bonds is 4. The van der Waals surface area contributed by atoms with Gasteiger partial charge < -0.3 is 10.2 Å². The minimum absolute atomic E-state index is 0.0767. The number of nitrogens with zero attached hydrogens (tertiary/aromatic N) is 3. The number of hydrogen-bond donors (Lipinski definition) is 3. The molecule has 7 heteroatoms. The van der Waals surface area contributed by atoms with Crippen LogP contribution in [-0.2, 0) is 0 Å². The summed E-state index contributed by atoms with van der Waals surface area (Å²) < 4.78 is 0. The van der Waals surface area contributed by atoms with Crippen molar-refractivity contribution in [1.29, 1.82) is 0 Å². The fraction of sp³-hybridized carbons (Fsp3) is 0.158. The topological polar surface area (TPSA) is 85.3 Å². The van der Waals surface area contributed by atoms with E-state index in [0.717, 1.165) is 11.1 Å². The van der Waals surface area contributed by atoms with E-state index in [2.05, 4.69) is 15.2 Å². The lowest BCUT2D eigenvalue weighted by Gasteiger charge is -2.28. The highest BCUT2D eigenvalue weighted by Gasteiger charge is 2.43. The lowest BCUT2D eigenvalue weighted by atomic mass is 9.94. The van der Waals surface area contributed by atoms with Crippen LogP contribution in [0.5, 0.6) is 0 Å². The number of anilines is 1. The van der Waals surface area contributed by atoms with Crippen LogP contribution in [0.2, 0.25) is 0 Å². The van der Waals surface area contributed by atoms with Gasteiger partial charge in [-0.05, 0) is 17.4 Å². The van der Waals surface area contributed by atoms with Crippen LogP contribution in [-0.4, -0.2) is 37.9 Å². The van der Waals surface area contributed by atoms with Gasteiger partial charge in [0, 0.05) is 5.57 Å². The van der Waals surface area contributed by atoms with Gasteiger partial charge in [-0.15, -0.1) is 5.10 Å². The number of aromatic nitrogens is 3. The van der Waals surface area contributed by atoms with Crippen LogP contribution in [0, 0.1) is 0 Å². The van der Waals surface area contributed by atoms with E-state index < -0.39 is 12.3 Å². The maximum atomic E-state index is 10.8. The van der Waals surface area contributed by atoms with E-state index in [1.165, 1.54) is 11.8 Å². The number of aliphatic hydroxyl groups excluding tert-OH is 2. The summed E-state index contributed by atoms with van der Waals surface area (Å²) in [5, 5.41) is 29.1. The molecule has 3 aromatic rings. The fourth-order valence-electron chi connectivity index (χ4n) is 3.26. The van der Waals surface area contributed by atoms with Crippen molar-refractivity contribution in [2.75, 3.05) is 11.2 Å². The van der Waals surface area contributed by atoms with Crippen molar-refractivity contribution >= 4 is 23.3 Å². The SMILES string of the molecule is CSc1n[nH]c(N2C(O)C(O)=C(c3ccccc3)C2c2ccccc2)n1. The van der Waals surface area contributed by atoms with Crippen LogP contribution in [0.25, 0.3) is 5.57 Å². The highest BCUT2D eigenvalue weighted by Crippen LogP contribution is 2.46. The third-order valence-corrected chi connectivity index (χ3v) is 4.96. The largest absolute Gasteiger partial charge is 0.507 e. The Kier molecular flexibility index (Phi) is 4.40. The Bertz CT molecular complexity index is 927. The quantitative estimate of drug-likeness (QED) is 0.614. The maximum absolute atomic E-state index is 10.8. The summed E-state index contributed by atoms with van der Waals surface area (Å²) in [5.41, 5.74) is 2.45. The number of benzene rings is 2. The van der Waals surface area contributed by atoms with E-state index in [0.29, 0.717) is 16.7 Å². The maximum Gasteiger partial charge on any atom is 0.225 e. The molecule has 2 aromatic carbocycles. The molecule has 1 aliphatic heterocycles. The standard InChI is InChI=1S/C19H18N4O2S/c1-26-19-20-18(21-22-19)23-15(13-10-6-3-7-11-13)14(16(24)17(23)25)12-8-4-2-5-9-12/h2-11,15,17,24-25H,1H3,(H,20,21,22). The number of H-pyrrole nitrogens is 1. The van der Waals surface area contributed by atoms with E-state index in [9.17, 15) is 10.2 Å². The van der Waals surface area contributed by atoms with Crippen molar-refractivity contribution in [3.8, 4) is 0 Å². The monoisotopic (exact) mass is 366 g/mol. The van der Waals surface area contributed by atoms with Crippen molar-refractivity contribution in [3.63, 3.8) is 0 Å². The number of aromatic amines is 1. The average molecular weight is 366 g/mol. The molecule has 1 aromatic heterocycles. The molecular weight excluding hydrogens is 348 g/mol. The Hall–Kier alpha value is -2.77. The zero-order valence-corrected chi connectivity index (χ0v) is 14.9. The molecule has 2 heterocycles. The van der Waals surface area contributed by atoms with Crippen LogP contribution in [0.15, 0.2) is 71.6 Å². The number of aliphatic hydroxyl groups is 2. The van der Waals surface area contributed by atoms with Gasteiger partial charge >= 0.3 is 0 Å². The van der Waals surface area contributed by atoms with Gasteiger partial charge in [0.25, 0.3) is 0 Å². The van der Waals surface area contributed by atoms with E-state index in [1.807, 2.05) is 66.9 Å². The van der Waals surface area contributed by atoms with Crippen LogP contribution in [0.3, 0.4) is 0 Å². The molecule has 3 N–H and O–H groups in total. The first-order valence-corrected chi connectivity index (χ1v) is 9.39. The Morgan fingerprint density at radius 1 is 1.04 bits per heavy atom. The summed E-state index contributed by atoms with van der Waals surface area (Å²) >= 11 is 1.41. The first kappa shape index (κ1) is 16.7. The minimum atomic E-state index is -1.21. The van der Waals surface area contributed by atoms with Gasteiger partial charge in [0.05, 0.1) is 6.04 Å². The molecule has 0 saturated carbocycles. The third-order valence-electron chi connectivity index (χ3n) is 4.42. The molecule has 26 heavy (non-hydrogen) atoms. The molecular formula is C19H18N4O2S. The Balaban J connectivity index is 1.87. The Morgan fingerprint density at radius 2 is 1.69 bits per heavy atom. The summed E-state index contributed by atoms with van der Waals surface area (Å²) in [7, 11) is 0. The predicted molar refractivity (Wildman–Crippen MR) is 102 cm³/mol. The van der Waals surface area contributed by atoms with E-state index in [1.54, 1.807) is 4.90 Å². The van der Waals surface area contributed by atoms with E-state index in [4.69, 9.17) is 0 Å². The van der Waals surface area contributed by atoms with Gasteiger partial charge in [-0.1, -0.05) is 72.4 Å². The molecule has 0 fully saturated rings. The van der Waals surface area contributed by atoms with Crippen molar-refractivity contribution in [2.45, 2.75) is 17.4 Å². The van der Waals surface area contributed by atoms with Gasteiger partial charge in [0.15, 0.2) is 6.23 Å². The van der Waals surface area contributed by atoms with E-state index >= 15 is 0 Å². The molecule has 0 amide bonds. The summed E-state index contributed by atoms with van der Waals surface area (Å²) in [6.45, 7) is 0. The molecule has 132 valence electrons. The second-order valence-electron chi connectivity index (χ2n) is 5.90. The Labute approximate surface area is 155 Å². The molecule has 0 saturated heterocycles. The van der Waals surface area contributed by atoms with Gasteiger partial charge in [-0.25, -0.2) is 5.10 Å². The van der Waals surface area contributed by atoms with Crippen LogP contribution >= 0.6 is 11.8 Å². The molecule has 2 atom stereocenters. The Morgan fingerprint density at radius 3 is 2.31 bits per heavy atom. The number of hydrogen-bond acceptors (Lipinski definition) is 6. The van der Waals surface area contributed by atoms with Gasteiger partial charge in [0.2, 0.25) is 11.1 Å². The van der Waals surface area contributed by atoms with Crippen LogP contribution < -0.4 is 4.90 Å². The zero-order valence-electron chi connectivity index (χ0n) is 14.1. The highest BCUT2D eigenvalue weighted by molar-refractivity contribution is 7.98. The summed E-state index contributed by atoms with van der Waals surface area (Å²) in [5.74, 6) is 0.334. The van der Waals surface area contributed by atoms with Crippen LogP contribution in [0.1, 0.15) is 17.2 Å².